The van der Waals surface area contributed by atoms with E-state index in [9.17, 15) is 8.42 Å². The van der Waals surface area contributed by atoms with Crippen LogP contribution in [-0.2, 0) is 23.0 Å². The highest BCUT2D eigenvalue weighted by Crippen LogP contribution is 2.21. The normalized spacial score (nSPS) is 11.3. The van der Waals surface area contributed by atoms with Crippen LogP contribution >= 0.6 is 0 Å². The second kappa shape index (κ2) is 6.02. The zero-order valence-electron chi connectivity index (χ0n) is 11.2. The standard InChI is InChI=1S/C14H17N3O2S/c1-2-12-7-6-11(10-15)9-13(12)20(18,19)17-14-5-3-4-8-16-14/h3-9H,2,10,15H2,1H3,(H,16,17). The highest BCUT2D eigenvalue weighted by atomic mass is 32.2. The summed E-state index contributed by atoms with van der Waals surface area (Å²) in [7, 11) is -3.66. The highest BCUT2D eigenvalue weighted by Gasteiger charge is 2.18. The summed E-state index contributed by atoms with van der Waals surface area (Å²) >= 11 is 0. The van der Waals surface area contributed by atoms with Gasteiger partial charge >= 0.3 is 0 Å². The van der Waals surface area contributed by atoms with Crippen LogP contribution in [0.1, 0.15) is 18.1 Å². The molecular formula is C14H17N3O2S. The zero-order chi connectivity index (χ0) is 14.6. The van der Waals surface area contributed by atoms with E-state index in [0.29, 0.717) is 18.8 Å². The number of benzene rings is 1. The number of aromatic nitrogens is 1. The van der Waals surface area contributed by atoms with Gasteiger partial charge in [0.2, 0.25) is 0 Å². The Morgan fingerprint density at radius 1 is 1.25 bits per heavy atom. The van der Waals surface area contributed by atoms with E-state index in [4.69, 9.17) is 5.73 Å². The molecule has 106 valence electrons. The molecule has 0 aliphatic carbocycles. The predicted molar refractivity (Wildman–Crippen MR) is 78.8 cm³/mol. The van der Waals surface area contributed by atoms with Crippen molar-refractivity contribution < 1.29 is 8.42 Å². The quantitative estimate of drug-likeness (QED) is 0.881. The molecule has 5 nitrogen and oxygen atoms in total. The van der Waals surface area contributed by atoms with Crippen molar-refractivity contribution in [2.75, 3.05) is 4.72 Å². The maximum Gasteiger partial charge on any atom is 0.263 e. The van der Waals surface area contributed by atoms with Gasteiger partial charge in [0, 0.05) is 12.7 Å². The topological polar surface area (TPSA) is 85.1 Å². The molecule has 1 aromatic heterocycles. The first-order valence-corrected chi connectivity index (χ1v) is 7.81. The van der Waals surface area contributed by atoms with Crippen molar-refractivity contribution in [3.05, 3.63) is 53.7 Å². The van der Waals surface area contributed by atoms with E-state index in [1.165, 1.54) is 6.20 Å². The lowest BCUT2D eigenvalue weighted by Gasteiger charge is -2.12. The molecule has 20 heavy (non-hydrogen) atoms. The maximum atomic E-state index is 12.5. The van der Waals surface area contributed by atoms with Crippen molar-refractivity contribution in [3.63, 3.8) is 0 Å². The van der Waals surface area contributed by atoms with Crippen LogP contribution < -0.4 is 10.5 Å². The minimum Gasteiger partial charge on any atom is -0.326 e. The van der Waals surface area contributed by atoms with E-state index in [1.54, 1.807) is 30.3 Å². The first-order valence-electron chi connectivity index (χ1n) is 6.32. The number of nitrogens with two attached hydrogens (primary N) is 1. The zero-order valence-corrected chi connectivity index (χ0v) is 12.0. The fourth-order valence-corrected chi connectivity index (χ4v) is 3.25. The molecule has 0 saturated heterocycles. The molecule has 0 aliphatic heterocycles. The Morgan fingerprint density at radius 3 is 2.65 bits per heavy atom. The average Bonchev–Trinajstić information content (AvgIpc) is 2.47. The molecule has 2 rings (SSSR count). The summed E-state index contributed by atoms with van der Waals surface area (Å²) in [5.41, 5.74) is 7.11. The number of nitrogens with one attached hydrogen (secondary N) is 1. The molecule has 2 aromatic rings. The summed E-state index contributed by atoms with van der Waals surface area (Å²) in [4.78, 5) is 4.23. The molecule has 0 atom stereocenters. The number of hydrogen-bond acceptors (Lipinski definition) is 4. The van der Waals surface area contributed by atoms with Crippen LogP contribution in [0.5, 0.6) is 0 Å². The number of hydrogen-bond donors (Lipinski definition) is 2. The van der Waals surface area contributed by atoms with Crippen molar-refractivity contribution in [3.8, 4) is 0 Å². The summed E-state index contributed by atoms with van der Waals surface area (Å²) in [6, 6.07) is 10.3. The van der Waals surface area contributed by atoms with Gasteiger partial charge in [-0.2, -0.15) is 0 Å². The van der Waals surface area contributed by atoms with Crippen molar-refractivity contribution in [2.24, 2.45) is 5.73 Å². The Balaban J connectivity index is 2.43. The minimum absolute atomic E-state index is 0.258. The third kappa shape index (κ3) is 3.15. The molecule has 0 bridgehead atoms. The predicted octanol–water partition coefficient (Wildman–Crippen LogP) is 1.90. The molecule has 0 amide bonds. The van der Waals surface area contributed by atoms with E-state index >= 15 is 0 Å². The SMILES string of the molecule is CCc1ccc(CN)cc1S(=O)(=O)Nc1ccccn1. The van der Waals surface area contributed by atoms with E-state index in [0.717, 1.165) is 11.1 Å². The number of aryl methyl sites for hydroxylation is 1. The van der Waals surface area contributed by atoms with Gasteiger partial charge in [0.05, 0.1) is 4.90 Å². The lowest BCUT2D eigenvalue weighted by atomic mass is 10.1. The van der Waals surface area contributed by atoms with Crippen LogP contribution in [-0.4, -0.2) is 13.4 Å². The number of nitrogens with zero attached hydrogens (tertiary/aromatic N) is 1. The van der Waals surface area contributed by atoms with Gasteiger partial charge in [-0.25, -0.2) is 13.4 Å². The van der Waals surface area contributed by atoms with Crippen LogP contribution in [0.15, 0.2) is 47.5 Å². The highest BCUT2D eigenvalue weighted by molar-refractivity contribution is 7.92. The summed E-state index contributed by atoms with van der Waals surface area (Å²) in [6.45, 7) is 2.22. The smallest absolute Gasteiger partial charge is 0.263 e. The first-order chi connectivity index (χ1) is 9.56. The Bertz CT molecular complexity index is 685. The van der Waals surface area contributed by atoms with Gasteiger partial charge in [0.15, 0.2) is 0 Å². The second-order valence-corrected chi connectivity index (χ2v) is 5.97. The van der Waals surface area contributed by atoms with Crippen LogP contribution in [0.3, 0.4) is 0 Å². The summed E-state index contributed by atoms with van der Waals surface area (Å²) in [6.07, 6.45) is 2.16. The molecule has 0 radical (unpaired) electrons. The number of pyridine rings is 1. The number of anilines is 1. The van der Waals surface area contributed by atoms with Crippen LogP contribution in [0, 0.1) is 0 Å². The van der Waals surface area contributed by atoms with Crippen LogP contribution in [0.2, 0.25) is 0 Å². The Morgan fingerprint density at radius 2 is 2.05 bits per heavy atom. The average molecular weight is 291 g/mol. The van der Waals surface area contributed by atoms with E-state index in [1.807, 2.05) is 13.0 Å². The number of rotatable bonds is 5. The molecule has 1 heterocycles. The second-order valence-electron chi connectivity index (χ2n) is 4.32. The van der Waals surface area contributed by atoms with Crippen molar-refractivity contribution in [2.45, 2.75) is 24.8 Å². The molecule has 1 aromatic carbocycles. The first kappa shape index (κ1) is 14.5. The van der Waals surface area contributed by atoms with Gasteiger partial charge in [0.25, 0.3) is 10.0 Å². The molecular weight excluding hydrogens is 274 g/mol. The molecule has 0 unspecified atom stereocenters. The van der Waals surface area contributed by atoms with Gasteiger partial charge in [-0.3, -0.25) is 4.72 Å². The van der Waals surface area contributed by atoms with Gasteiger partial charge in [-0.05, 0) is 35.7 Å². The molecule has 6 heteroatoms. The number of sulfonamides is 1. The summed E-state index contributed by atoms with van der Waals surface area (Å²) in [5, 5.41) is 0. The van der Waals surface area contributed by atoms with Gasteiger partial charge in [-0.1, -0.05) is 25.1 Å². The molecule has 3 N–H and O–H groups in total. The van der Waals surface area contributed by atoms with E-state index < -0.39 is 10.0 Å². The minimum atomic E-state index is -3.66. The lowest BCUT2D eigenvalue weighted by Crippen LogP contribution is -2.16. The van der Waals surface area contributed by atoms with Crippen LogP contribution in [0.25, 0.3) is 0 Å². The van der Waals surface area contributed by atoms with Crippen molar-refractivity contribution in [1.29, 1.82) is 0 Å². The Labute approximate surface area is 118 Å². The third-order valence-corrected chi connectivity index (χ3v) is 4.38. The monoisotopic (exact) mass is 291 g/mol. The fourth-order valence-electron chi connectivity index (χ4n) is 1.88. The molecule has 0 fully saturated rings. The van der Waals surface area contributed by atoms with Gasteiger partial charge in [-0.15, -0.1) is 0 Å². The van der Waals surface area contributed by atoms with Gasteiger partial charge in [0.1, 0.15) is 5.82 Å². The summed E-state index contributed by atoms with van der Waals surface area (Å²) < 4.78 is 27.4. The maximum absolute atomic E-state index is 12.5. The van der Waals surface area contributed by atoms with Crippen LogP contribution in [0.4, 0.5) is 5.82 Å². The largest absolute Gasteiger partial charge is 0.326 e. The van der Waals surface area contributed by atoms with E-state index in [2.05, 4.69) is 9.71 Å². The van der Waals surface area contributed by atoms with Crippen molar-refractivity contribution >= 4 is 15.8 Å². The van der Waals surface area contributed by atoms with Crippen molar-refractivity contribution in [1.82, 2.24) is 4.98 Å². The lowest BCUT2D eigenvalue weighted by molar-refractivity contribution is 0.600. The fraction of sp³-hybridized carbons (Fsp3) is 0.214. The molecule has 0 aliphatic rings. The van der Waals surface area contributed by atoms with E-state index in [-0.39, 0.29) is 4.90 Å². The Kier molecular flexibility index (Phi) is 4.36. The molecule has 0 spiro atoms. The summed E-state index contributed by atoms with van der Waals surface area (Å²) in [5.74, 6) is 0.299. The third-order valence-electron chi connectivity index (χ3n) is 2.94. The molecule has 0 saturated carbocycles. The van der Waals surface area contributed by atoms with Gasteiger partial charge < -0.3 is 5.73 Å². The Hall–Kier alpha value is -1.92.